The lowest BCUT2D eigenvalue weighted by molar-refractivity contribution is -0.152. The highest BCUT2D eigenvalue weighted by molar-refractivity contribution is 5.73. The first-order valence-corrected chi connectivity index (χ1v) is 6.63. The van der Waals surface area contributed by atoms with Gasteiger partial charge in [-0.25, -0.2) is 0 Å². The molecule has 0 aliphatic carbocycles. The summed E-state index contributed by atoms with van der Waals surface area (Å²) in [6.07, 6.45) is -0.827. The largest absolute Gasteiger partial charge is 0.469 e. The molecule has 0 amide bonds. The van der Waals surface area contributed by atoms with Crippen molar-refractivity contribution in [2.75, 3.05) is 7.11 Å². The minimum Gasteiger partial charge on any atom is -0.469 e. The molecule has 0 aliphatic rings. The van der Waals surface area contributed by atoms with Gasteiger partial charge in [0.15, 0.2) is 0 Å². The van der Waals surface area contributed by atoms with E-state index in [1.165, 1.54) is 12.7 Å². The van der Waals surface area contributed by atoms with Crippen molar-refractivity contribution in [1.29, 1.82) is 0 Å². The first kappa shape index (κ1) is 15.7. The molecule has 1 rings (SSSR count). The van der Waals surface area contributed by atoms with E-state index < -0.39 is 12.0 Å². The van der Waals surface area contributed by atoms with Gasteiger partial charge in [0.05, 0.1) is 19.1 Å². The molecule has 3 heteroatoms. The number of rotatable bonds is 4. The van der Waals surface area contributed by atoms with E-state index in [1.54, 1.807) is 0 Å². The maximum Gasteiger partial charge on any atom is 0.311 e. The fourth-order valence-corrected chi connectivity index (χ4v) is 2.40. The van der Waals surface area contributed by atoms with Crippen LogP contribution in [0.4, 0.5) is 0 Å². The third kappa shape index (κ3) is 3.35. The van der Waals surface area contributed by atoms with Crippen LogP contribution in [0.5, 0.6) is 0 Å². The van der Waals surface area contributed by atoms with Crippen LogP contribution in [0.2, 0.25) is 0 Å². The van der Waals surface area contributed by atoms with Crippen molar-refractivity contribution < 1.29 is 14.6 Å². The molecule has 0 bridgehead atoms. The summed E-state index contributed by atoms with van der Waals surface area (Å²) in [5.41, 5.74) is 4.12. The number of hydrogen-bond donors (Lipinski definition) is 1. The van der Waals surface area contributed by atoms with Gasteiger partial charge < -0.3 is 9.84 Å². The molecular weight excluding hydrogens is 240 g/mol. The predicted molar refractivity (Wildman–Crippen MR) is 76.0 cm³/mol. The van der Waals surface area contributed by atoms with Crippen LogP contribution in [0.25, 0.3) is 0 Å². The molecule has 0 saturated heterocycles. The van der Waals surface area contributed by atoms with Crippen LogP contribution in [0.15, 0.2) is 12.1 Å². The summed E-state index contributed by atoms with van der Waals surface area (Å²) in [5.74, 6) is -0.880. The standard InChI is InChI=1S/C16H24O3/c1-9(2)14(16(18)19-6)15(17)13-8-11(4)10(3)7-12(13)5/h7-9,14-15,17H,1-6H3. The summed E-state index contributed by atoms with van der Waals surface area (Å²) in [6, 6.07) is 4.01. The van der Waals surface area contributed by atoms with Crippen molar-refractivity contribution in [2.45, 2.75) is 40.7 Å². The lowest BCUT2D eigenvalue weighted by Gasteiger charge is -2.26. The molecule has 2 atom stereocenters. The number of methoxy groups -OCH3 is 1. The fourth-order valence-electron chi connectivity index (χ4n) is 2.40. The normalized spacial score (nSPS) is 14.3. The van der Waals surface area contributed by atoms with Crippen LogP contribution < -0.4 is 0 Å². The lowest BCUT2D eigenvalue weighted by atomic mass is 9.84. The number of aryl methyl sites for hydroxylation is 3. The van der Waals surface area contributed by atoms with Crippen molar-refractivity contribution in [3.8, 4) is 0 Å². The summed E-state index contributed by atoms with van der Waals surface area (Å²) < 4.78 is 4.81. The van der Waals surface area contributed by atoms with Crippen LogP contribution in [0, 0.1) is 32.6 Å². The number of hydrogen-bond acceptors (Lipinski definition) is 3. The van der Waals surface area contributed by atoms with E-state index in [0.29, 0.717) is 0 Å². The zero-order valence-electron chi connectivity index (χ0n) is 12.7. The molecular formula is C16H24O3. The summed E-state index contributed by atoms with van der Waals surface area (Å²) in [4.78, 5) is 11.8. The smallest absolute Gasteiger partial charge is 0.311 e. The van der Waals surface area contributed by atoms with Gasteiger partial charge in [-0.3, -0.25) is 4.79 Å². The fraction of sp³-hybridized carbons (Fsp3) is 0.562. The Bertz CT molecular complexity index is 463. The maximum absolute atomic E-state index is 11.8. The molecule has 0 radical (unpaired) electrons. The second-order valence-electron chi connectivity index (χ2n) is 5.53. The van der Waals surface area contributed by atoms with Crippen LogP contribution in [0.1, 0.15) is 42.2 Å². The molecule has 0 spiro atoms. The van der Waals surface area contributed by atoms with E-state index in [2.05, 4.69) is 0 Å². The SMILES string of the molecule is COC(=O)C(C(C)C)C(O)c1cc(C)c(C)cc1C. The van der Waals surface area contributed by atoms with E-state index in [-0.39, 0.29) is 11.9 Å². The minimum absolute atomic E-state index is 0.0171. The Kier molecular flexibility index (Phi) is 5.12. The van der Waals surface area contributed by atoms with Crippen LogP contribution in [0.3, 0.4) is 0 Å². The summed E-state index contributed by atoms with van der Waals surface area (Å²) in [7, 11) is 1.36. The van der Waals surface area contributed by atoms with Gasteiger partial charge in [0.25, 0.3) is 0 Å². The molecule has 106 valence electrons. The monoisotopic (exact) mass is 264 g/mol. The summed E-state index contributed by atoms with van der Waals surface area (Å²) in [5, 5.41) is 10.5. The van der Waals surface area contributed by atoms with Gasteiger partial charge in [-0.2, -0.15) is 0 Å². The zero-order valence-corrected chi connectivity index (χ0v) is 12.7. The summed E-state index contributed by atoms with van der Waals surface area (Å²) >= 11 is 0. The van der Waals surface area contributed by atoms with Gasteiger partial charge in [-0.1, -0.05) is 26.0 Å². The molecule has 0 fully saturated rings. The molecule has 0 heterocycles. The van der Waals surface area contributed by atoms with E-state index in [4.69, 9.17) is 4.74 Å². The summed E-state index contributed by atoms with van der Waals surface area (Å²) in [6.45, 7) is 9.84. The molecule has 3 nitrogen and oxygen atoms in total. The third-order valence-corrected chi connectivity index (χ3v) is 3.73. The molecule has 1 aromatic rings. The van der Waals surface area contributed by atoms with Crippen molar-refractivity contribution in [2.24, 2.45) is 11.8 Å². The van der Waals surface area contributed by atoms with Crippen molar-refractivity contribution >= 4 is 5.97 Å². The van der Waals surface area contributed by atoms with Gasteiger partial charge in [0, 0.05) is 0 Å². The van der Waals surface area contributed by atoms with Crippen LogP contribution in [-0.4, -0.2) is 18.2 Å². The molecule has 2 unspecified atom stereocenters. The molecule has 19 heavy (non-hydrogen) atoms. The Morgan fingerprint density at radius 2 is 1.63 bits per heavy atom. The highest BCUT2D eigenvalue weighted by atomic mass is 16.5. The molecule has 1 N–H and O–H groups in total. The van der Waals surface area contributed by atoms with Crippen molar-refractivity contribution in [3.63, 3.8) is 0 Å². The number of carbonyl (C=O) groups excluding carboxylic acids is 1. The van der Waals surface area contributed by atoms with Crippen LogP contribution in [-0.2, 0) is 9.53 Å². The predicted octanol–water partition coefficient (Wildman–Crippen LogP) is 3.09. The van der Waals surface area contributed by atoms with E-state index in [9.17, 15) is 9.90 Å². The lowest BCUT2D eigenvalue weighted by Crippen LogP contribution is -2.28. The highest BCUT2D eigenvalue weighted by Crippen LogP contribution is 2.32. The molecule has 0 aromatic heterocycles. The van der Waals surface area contributed by atoms with Crippen LogP contribution >= 0.6 is 0 Å². The van der Waals surface area contributed by atoms with Crippen molar-refractivity contribution in [3.05, 3.63) is 34.4 Å². The third-order valence-electron chi connectivity index (χ3n) is 3.73. The first-order valence-electron chi connectivity index (χ1n) is 6.63. The number of benzene rings is 1. The Hall–Kier alpha value is -1.35. The Morgan fingerprint density at radius 3 is 2.11 bits per heavy atom. The maximum atomic E-state index is 11.8. The van der Waals surface area contributed by atoms with Gasteiger partial charge in [-0.05, 0) is 48.9 Å². The van der Waals surface area contributed by atoms with Gasteiger partial charge in [-0.15, -0.1) is 0 Å². The highest BCUT2D eigenvalue weighted by Gasteiger charge is 2.32. The van der Waals surface area contributed by atoms with E-state index in [0.717, 1.165) is 16.7 Å². The number of esters is 1. The van der Waals surface area contributed by atoms with Gasteiger partial charge >= 0.3 is 5.97 Å². The molecule has 1 aromatic carbocycles. The average molecular weight is 264 g/mol. The number of aliphatic hydroxyl groups is 1. The van der Waals surface area contributed by atoms with E-state index >= 15 is 0 Å². The topological polar surface area (TPSA) is 46.5 Å². The Labute approximate surface area is 115 Å². The number of ether oxygens (including phenoxy) is 1. The second kappa shape index (κ2) is 6.20. The Balaban J connectivity index is 3.20. The Morgan fingerprint density at radius 1 is 1.11 bits per heavy atom. The molecule has 0 saturated carbocycles. The minimum atomic E-state index is -0.827. The number of aliphatic hydroxyl groups excluding tert-OH is 1. The van der Waals surface area contributed by atoms with Crippen molar-refractivity contribution in [1.82, 2.24) is 0 Å². The zero-order chi connectivity index (χ0) is 14.7. The first-order chi connectivity index (χ1) is 8.79. The average Bonchev–Trinajstić information content (AvgIpc) is 2.33. The quantitative estimate of drug-likeness (QED) is 0.850. The number of carbonyl (C=O) groups is 1. The van der Waals surface area contributed by atoms with Gasteiger partial charge in [0.1, 0.15) is 0 Å². The van der Waals surface area contributed by atoms with E-state index in [1.807, 2.05) is 46.8 Å². The second-order valence-corrected chi connectivity index (χ2v) is 5.53. The molecule has 0 aliphatic heterocycles. The van der Waals surface area contributed by atoms with Gasteiger partial charge in [0.2, 0.25) is 0 Å².